The van der Waals surface area contributed by atoms with Gasteiger partial charge >= 0.3 is 0 Å². The number of carbonyl (C=O) groups excluding carboxylic acids is 2. The molecule has 0 bridgehead atoms. The minimum absolute atomic E-state index is 0.0225. The summed E-state index contributed by atoms with van der Waals surface area (Å²) < 4.78 is 7.25. The van der Waals surface area contributed by atoms with Crippen LogP contribution in [0.3, 0.4) is 0 Å². The average molecular weight is 440 g/mol. The Balaban J connectivity index is 1.51. The first kappa shape index (κ1) is 20.8. The molecule has 2 heterocycles. The Morgan fingerprint density at radius 3 is 2.39 bits per heavy atom. The number of para-hydroxylation sites is 1. The van der Waals surface area contributed by atoms with Gasteiger partial charge in [-0.2, -0.15) is 0 Å². The number of methoxy groups -OCH3 is 1. The van der Waals surface area contributed by atoms with E-state index in [1.54, 1.807) is 12.0 Å². The molecule has 1 aromatic heterocycles. The molecule has 5 rings (SSSR count). The van der Waals surface area contributed by atoms with Crippen LogP contribution in [0.15, 0.2) is 78.9 Å². The van der Waals surface area contributed by atoms with Crippen LogP contribution in [0.25, 0.3) is 10.9 Å². The highest BCUT2D eigenvalue weighted by molar-refractivity contribution is 6.07. The maximum atomic E-state index is 13.6. The van der Waals surface area contributed by atoms with E-state index in [1.807, 2.05) is 90.5 Å². The second kappa shape index (κ2) is 8.47. The van der Waals surface area contributed by atoms with E-state index in [-0.39, 0.29) is 24.4 Å². The summed E-state index contributed by atoms with van der Waals surface area (Å²) in [4.78, 5) is 28.2. The maximum Gasteiger partial charge on any atom is 0.272 e. The molecule has 0 aliphatic carbocycles. The van der Waals surface area contributed by atoms with E-state index in [9.17, 15) is 9.59 Å². The van der Waals surface area contributed by atoms with Crippen molar-refractivity contribution in [3.8, 4) is 5.75 Å². The zero-order valence-electron chi connectivity index (χ0n) is 18.6. The van der Waals surface area contributed by atoms with E-state index < -0.39 is 0 Å². The number of ether oxygens (including phenoxy) is 1. The Labute approximate surface area is 192 Å². The molecule has 166 valence electrons. The SMILES string of the molecule is COc1ccc(C2c3c(n(C)c4ccccc34)C(=O)N2CC(=O)NCc2ccccc2)cc1. The van der Waals surface area contributed by atoms with E-state index in [0.717, 1.165) is 33.3 Å². The normalized spacial score (nSPS) is 15.0. The summed E-state index contributed by atoms with van der Waals surface area (Å²) in [5, 5.41) is 3.97. The number of amides is 2. The van der Waals surface area contributed by atoms with Crippen LogP contribution in [0.5, 0.6) is 5.75 Å². The molecule has 0 fully saturated rings. The van der Waals surface area contributed by atoms with Crippen molar-refractivity contribution in [2.24, 2.45) is 7.05 Å². The molecule has 1 N–H and O–H groups in total. The van der Waals surface area contributed by atoms with Crippen molar-refractivity contribution in [3.63, 3.8) is 0 Å². The van der Waals surface area contributed by atoms with Gasteiger partial charge < -0.3 is 19.5 Å². The molecule has 1 aliphatic heterocycles. The highest BCUT2D eigenvalue weighted by Crippen LogP contribution is 2.43. The molecule has 1 atom stereocenters. The summed E-state index contributed by atoms with van der Waals surface area (Å²) in [6.45, 7) is 0.399. The van der Waals surface area contributed by atoms with Gasteiger partial charge in [-0.25, -0.2) is 0 Å². The second-order valence-corrected chi connectivity index (χ2v) is 8.21. The molecule has 33 heavy (non-hydrogen) atoms. The smallest absolute Gasteiger partial charge is 0.272 e. The maximum absolute atomic E-state index is 13.6. The lowest BCUT2D eigenvalue weighted by atomic mass is 9.98. The number of carbonyl (C=O) groups is 2. The van der Waals surface area contributed by atoms with Crippen molar-refractivity contribution >= 4 is 22.7 Å². The van der Waals surface area contributed by atoms with E-state index in [2.05, 4.69) is 5.32 Å². The highest BCUT2D eigenvalue weighted by atomic mass is 16.5. The van der Waals surface area contributed by atoms with Crippen molar-refractivity contribution in [2.75, 3.05) is 13.7 Å². The number of hydrogen-bond donors (Lipinski definition) is 1. The number of hydrogen-bond acceptors (Lipinski definition) is 3. The third-order valence-electron chi connectivity index (χ3n) is 6.27. The Kier molecular flexibility index (Phi) is 5.34. The zero-order valence-corrected chi connectivity index (χ0v) is 18.6. The fourth-order valence-corrected chi connectivity index (χ4v) is 4.67. The third-order valence-corrected chi connectivity index (χ3v) is 6.27. The Morgan fingerprint density at radius 2 is 1.67 bits per heavy atom. The molecule has 3 aromatic carbocycles. The van der Waals surface area contributed by atoms with Gasteiger partial charge in [-0.15, -0.1) is 0 Å². The summed E-state index contributed by atoms with van der Waals surface area (Å²) in [7, 11) is 3.53. The molecule has 6 heteroatoms. The number of aromatic nitrogens is 1. The van der Waals surface area contributed by atoms with Crippen molar-refractivity contribution in [2.45, 2.75) is 12.6 Å². The first-order valence-electron chi connectivity index (χ1n) is 10.9. The van der Waals surface area contributed by atoms with Crippen LogP contribution in [-0.2, 0) is 18.4 Å². The van der Waals surface area contributed by atoms with Crippen LogP contribution < -0.4 is 10.1 Å². The number of nitrogens with one attached hydrogen (secondary N) is 1. The molecule has 6 nitrogen and oxygen atoms in total. The third kappa shape index (κ3) is 3.63. The van der Waals surface area contributed by atoms with E-state index in [4.69, 9.17) is 4.74 Å². The van der Waals surface area contributed by atoms with Crippen LogP contribution in [0, 0.1) is 0 Å². The Morgan fingerprint density at radius 1 is 0.970 bits per heavy atom. The minimum Gasteiger partial charge on any atom is -0.497 e. The van der Waals surface area contributed by atoms with Crippen molar-refractivity contribution in [1.82, 2.24) is 14.8 Å². The van der Waals surface area contributed by atoms with Gasteiger partial charge in [0.25, 0.3) is 5.91 Å². The average Bonchev–Trinajstić information content (AvgIpc) is 3.31. The Bertz CT molecular complexity index is 1330. The molecule has 2 amide bonds. The quantitative estimate of drug-likeness (QED) is 0.493. The fourth-order valence-electron chi connectivity index (χ4n) is 4.67. The lowest BCUT2D eigenvalue weighted by molar-refractivity contribution is -0.122. The van der Waals surface area contributed by atoms with Crippen LogP contribution in [0.1, 0.15) is 33.2 Å². The molecular weight excluding hydrogens is 414 g/mol. The lowest BCUT2D eigenvalue weighted by Crippen LogP contribution is -2.39. The predicted octanol–water partition coefficient (Wildman–Crippen LogP) is 4.05. The summed E-state index contributed by atoms with van der Waals surface area (Å²) in [5.74, 6) is 0.413. The standard InChI is InChI=1S/C27H25N3O3/c1-29-22-11-7-6-10-21(22)24-25(19-12-14-20(33-2)15-13-19)30(27(32)26(24)29)17-23(31)28-16-18-8-4-3-5-9-18/h3-15,25H,16-17H2,1-2H3,(H,28,31). The van der Waals surface area contributed by atoms with Gasteiger partial charge in [-0.3, -0.25) is 9.59 Å². The van der Waals surface area contributed by atoms with Crippen molar-refractivity contribution in [3.05, 3.63) is 101 Å². The van der Waals surface area contributed by atoms with Crippen LogP contribution in [0.2, 0.25) is 0 Å². The van der Waals surface area contributed by atoms with Crippen molar-refractivity contribution in [1.29, 1.82) is 0 Å². The zero-order chi connectivity index (χ0) is 22.9. The van der Waals surface area contributed by atoms with Gasteiger partial charge in [-0.1, -0.05) is 60.7 Å². The summed E-state index contributed by atoms with van der Waals surface area (Å²) in [6, 6.07) is 25.1. The fraction of sp³-hybridized carbons (Fsp3) is 0.185. The topological polar surface area (TPSA) is 63.6 Å². The molecule has 0 saturated carbocycles. The van der Waals surface area contributed by atoms with Gasteiger partial charge in [0.2, 0.25) is 5.91 Å². The predicted molar refractivity (Wildman–Crippen MR) is 127 cm³/mol. The molecule has 0 radical (unpaired) electrons. The number of fused-ring (bicyclic) bond motifs is 3. The second-order valence-electron chi connectivity index (χ2n) is 8.21. The van der Waals surface area contributed by atoms with E-state index >= 15 is 0 Å². The van der Waals surface area contributed by atoms with Crippen LogP contribution >= 0.6 is 0 Å². The van der Waals surface area contributed by atoms with E-state index in [0.29, 0.717) is 12.2 Å². The highest BCUT2D eigenvalue weighted by Gasteiger charge is 2.42. The van der Waals surface area contributed by atoms with Gasteiger partial charge in [0.05, 0.1) is 13.2 Å². The molecule has 1 aliphatic rings. The van der Waals surface area contributed by atoms with Gasteiger partial charge in [0.1, 0.15) is 18.0 Å². The summed E-state index contributed by atoms with van der Waals surface area (Å²) >= 11 is 0. The summed E-state index contributed by atoms with van der Waals surface area (Å²) in [5.41, 5.74) is 4.53. The van der Waals surface area contributed by atoms with E-state index in [1.165, 1.54) is 0 Å². The first-order valence-corrected chi connectivity index (χ1v) is 10.9. The summed E-state index contributed by atoms with van der Waals surface area (Å²) in [6.07, 6.45) is 0. The minimum atomic E-state index is -0.355. The molecular formula is C27H25N3O3. The van der Waals surface area contributed by atoms with Crippen LogP contribution in [0.4, 0.5) is 0 Å². The Hall–Kier alpha value is -4.06. The van der Waals surface area contributed by atoms with Crippen LogP contribution in [-0.4, -0.2) is 34.9 Å². The lowest BCUT2D eigenvalue weighted by Gasteiger charge is -2.26. The van der Waals surface area contributed by atoms with Gasteiger partial charge in [-0.05, 0) is 29.3 Å². The number of benzene rings is 3. The molecule has 1 unspecified atom stereocenters. The molecule has 4 aromatic rings. The number of nitrogens with zero attached hydrogens (tertiary/aromatic N) is 2. The van der Waals surface area contributed by atoms with Gasteiger partial charge in [0.15, 0.2) is 0 Å². The van der Waals surface area contributed by atoms with Crippen molar-refractivity contribution < 1.29 is 14.3 Å². The monoisotopic (exact) mass is 439 g/mol. The number of aryl methyl sites for hydroxylation is 1. The number of rotatable bonds is 6. The van der Waals surface area contributed by atoms with Gasteiger partial charge in [0, 0.05) is 30.1 Å². The largest absolute Gasteiger partial charge is 0.497 e. The molecule has 0 spiro atoms. The first-order chi connectivity index (χ1) is 16.1. The molecule has 0 saturated heterocycles.